The normalized spacial score (nSPS) is 10.4. The zero-order valence-corrected chi connectivity index (χ0v) is 18.6. The number of hydrogen-bond acceptors (Lipinski definition) is 6. The van der Waals surface area contributed by atoms with Crippen LogP contribution in [0.15, 0.2) is 63.9 Å². The number of hydrogen-bond donors (Lipinski definition) is 1. The fourth-order valence-electron chi connectivity index (χ4n) is 2.59. The largest absolute Gasteiger partial charge is 0.481 e. The maximum atomic E-state index is 12.6. The Morgan fingerprint density at radius 3 is 2.65 bits per heavy atom. The van der Waals surface area contributed by atoms with Gasteiger partial charge in [0.25, 0.3) is 11.5 Å². The van der Waals surface area contributed by atoms with E-state index in [0.29, 0.717) is 16.4 Å². The van der Waals surface area contributed by atoms with Crippen molar-refractivity contribution >= 4 is 45.1 Å². The molecule has 0 bridgehead atoms. The summed E-state index contributed by atoms with van der Waals surface area (Å²) in [5, 5.41) is 7.18. The summed E-state index contributed by atoms with van der Waals surface area (Å²) in [4.78, 5) is 37.2. The number of esters is 1. The van der Waals surface area contributed by atoms with Crippen LogP contribution >= 0.6 is 27.5 Å². The molecule has 0 atom stereocenters. The van der Waals surface area contributed by atoms with Crippen molar-refractivity contribution in [3.63, 3.8) is 0 Å². The van der Waals surface area contributed by atoms with E-state index in [2.05, 4.69) is 26.3 Å². The van der Waals surface area contributed by atoms with E-state index in [-0.39, 0.29) is 18.1 Å². The average molecular weight is 507 g/mol. The van der Waals surface area contributed by atoms with E-state index in [1.165, 1.54) is 0 Å². The van der Waals surface area contributed by atoms with E-state index in [1.807, 2.05) is 0 Å². The lowest BCUT2D eigenvalue weighted by molar-refractivity contribution is -0.118. The van der Waals surface area contributed by atoms with Crippen molar-refractivity contribution in [3.05, 3.63) is 80.1 Å². The molecule has 1 N–H and O–H groups in total. The van der Waals surface area contributed by atoms with Crippen LogP contribution in [0, 0.1) is 0 Å². The highest BCUT2D eigenvalue weighted by Gasteiger charge is 2.20. The molecule has 2 aromatic carbocycles. The van der Waals surface area contributed by atoms with Crippen molar-refractivity contribution in [2.75, 3.05) is 18.5 Å². The zero-order valence-electron chi connectivity index (χ0n) is 16.3. The van der Waals surface area contributed by atoms with Gasteiger partial charge < -0.3 is 14.8 Å². The first kappa shape index (κ1) is 22.5. The molecular weight excluding hydrogens is 490 g/mol. The van der Waals surface area contributed by atoms with E-state index in [9.17, 15) is 14.4 Å². The van der Waals surface area contributed by atoms with Gasteiger partial charge in [-0.1, -0.05) is 39.7 Å². The fourth-order valence-corrected chi connectivity index (χ4v) is 3.17. The number of aromatic nitrogens is 2. The Kier molecular flexibility index (Phi) is 7.43. The quantitative estimate of drug-likeness (QED) is 0.489. The summed E-state index contributed by atoms with van der Waals surface area (Å²) in [7, 11) is 0. The Labute approximate surface area is 190 Å². The lowest BCUT2D eigenvalue weighted by Gasteiger charge is -2.13. The topological polar surface area (TPSA) is 99.5 Å². The lowest BCUT2D eigenvalue weighted by Crippen LogP contribution is -2.27. The summed E-state index contributed by atoms with van der Waals surface area (Å²) in [6.07, 6.45) is 0. The molecule has 0 spiro atoms. The molecule has 0 saturated heterocycles. The molecule has 3 aromatic rings. The van der Waals surface area contributed by atoms with Crippen molar-refractivity contribution in [2.24, 2.45) is 0 Å². The second-order valence-electron chi connectivity index (χ2n) is 6.15. The summed E-state index contributed by atoms with van der Waals surface area (Å²) in [6, 6.07) is 14.5. The van der Waals surface area contributed by atoms with Gasteiger partial charge in [-0.2, -0.15) is 9.78 Å². The van der Waals surface area contributed by atoms with Crippen LogP contribution in [0.4, 0.5) is 5.69 Å². The highest BCUT2D eigenvalue weighted by molar-refractivity contribution is 9.10. The van der Waals surface area contributed by atoms with Crippen molar-refractivity contribution in [2.45, 2.75) is 6.92 Å². The molecular formula is C21H17BrClN3O5. The van der Waals surface area contributed by atoms with E-state index >= 15 is 0 Å². The summed E-state index contributed by atoms with van der Waals surface area (Å²) >= 11 is 9.23. The van der Waals surface area contributed by atoms with Gasteiger partial charge in [-0.3, -0.25) is 9.59 Å². The fraction of sp³-hybridized carbons (Fsp3) is 0.143. The Bertz CT molecular complexity index is 1180. The van der Waals surface area contributed by atoms with Crippen LogP contribution in [0.3, 0.4) is 0 Å². The summed E-state index contributed by atoms with van der Waals surface area (Å²) in [5.41, 5.74) is 0.151. The molecule has 1 heterocycles. The van der Waals surface area contributed by atoms with E-state index < -0.39 is 24.0 Å². The molecule has 1 amide bonds. The molecule has 0 unspecified atom stereocenters. The van der Waals surface area contributed by atoms with Gasteiger partial charge in [0.15, 0.2) is 12.4 Å². The lowest BCUT2D eigenvalue weighted by atomic mass is 10.3. The molecule has 0 aliphatic heterocycles. The number of nitrogens with one attached hydrogen (secondary N) is 1. The molecule has 0 radical (unpaired) electrons. The first-order valence-corrected chi connectivity index (χ1v) is 10.3. The van der Waals surface area contributed by atoms with Crippen LogP contribution < -0.4 is 15.6 Å². The van der Waals surface area contributed by atoms with Gasteiger partial charge in [-0.15, -0.1) is 0 Å². The van der Waals surface area contributed by atoms with Crippen LogP contribution in [-0.4, -0.2) is 34.9 Å². The number of rotatable bonds is 7. The van der Waals surface area contributed by atoms with Crippen LogP contribution in [0.1, 0.15) is 17.4 Å². The standard InChI is InChI=1S/C21H17BrClN3O5/c1-2-30-21(29)20-17(31-12-18(27)24-15-7-4-6-14(23)10-15)11-19(28)26(25-20)16-8-3-5-13(22)9-16/h3-11H,2,12H2,1H3,(H,24,27). The van der Waals surface area contributed by atoms with Crippen LogP contribution in [0.25, 0.3) is 5.69 Å². The molecule has 3 rings (SSSR count). The van der Waals surface area contributed by atoms with Gasteiger partial charge in [-0.05, 0) is 43.3 Å². The monoisotopic (exact) mass is 505 g/mol. The van der Waals surface area contributed by atoms with Gasteiger partial charge in [0.05, 0.1) is 18.4 Å². The molecule has 0 aliphatic rings. The first-order valence-electron chi connectivity index (χ1n) is 9.13. The van der Waals surface area contributed by atoms with Crippen molar-refractivity contribution in [3.8, 4) is 11.4 Å². The minimum Gasteiger partial charge on any atom is -0.481 e. The number of carbonyl (C=O) groups excluding carboxylic acids is 2. The Morgan fingerprint density at radius 1 is 1.16 bits per heavy atom. The maximum Gasteiger partial charge on any atom is 0.362 e. The number of ether oxygens (including phenoxy) is 2. The number of halogens is 2. The third-order valence-corrected chi connectivity index (χ3v) is 4.61. The number of anilines is 1. The summed E-state index contributed by atoms with van der Waals surface area (Å²) < 4.78 is 12.2. The predicted octanol–water partition coefficient (Wildman–Crippen LogP) is 3.84. The Morgan fingerprint density at radius 2 is 1.94 bits per heavy atom. The smallest absolute Gasteiger partial charge is 0.362 e. The van der Waals surface area contributed by atoms with E-state index in [0.717, 1.165) is 15.2 Å². The molecule has 0 aliphatic carbocycles. The molecule has 0 saturated carbocycles. The predicted molar refractivity (Wildman–Crippen MR) is 119 cm³/mol. The van der Waals surface area contributed by atoms with Gasteiger partial charge in [0, 0.05) is 15.2 Å². The highest BCUT2D eigenvalue weighted by atomic mass is 79.9. The Balaban J connectivity index is 1.86. The minimum atomic E-state index is -0.781. The summed E-state index contributed by atoms with van der Waals surface area (Å²) in [6.45, 7) is 1.29. The molecule has 1 aromatic heterocycles. The van der Waals surface area contributed by atoms with Crippen LogP contribution in [0.2, 0.25) is 5.02 Å². The van der Waals surface area contributed by atoms with Gasteiger partial charge in [-0.25, -0.2) is 4.79 Å². The van der Waals surface area contributed by atoms with Crippen molar-refractivity contribution in [1.82, 2.24) is 9.78 Å². The molecule has 31 heavy (non-hydrogen) atoms. The second kappa shape index (κ2) is 10.2. The number of carbonyl (C=O) groups is 2. The van der Waals surface area contributed by atoms with E-state index in [4.69, 9.17) is 21.1 Å². The maximum absolute atomic E-state index is 12.6. The number of nitrogens with zero attached hydrogens (tertiary/aromatic N) is 2. The third-order valence-electron chi connectivity index (χ3n) is 3.89. The zero-order chi connectivity index (χ0) is 22.4. The average Bonchev–Trinajstić information content (AvgIpc) is 2.72. The molecule has 160 valence electrons. The molecule has 8 nitrogen and oxygen atoms in total. The van der Waals surface area contributed by atoms with E-state index in [1.54, 1.807) is 55.5 Å². The van der Waals surface area contributed by atoms with Gasteiger partial charge in [0.2, 0.25) is 5.69 Å². The van der Waals surface area contributed by atoms with Crippen LogP contribution in [0.5, 0.6) is 5.75 Å². The first-order chi connectivity index (χ1) is 14.9. The SMILES string of the molecule is CCOC(=O)c1nn(-c2cccc(Br)c2)c(=O)cc1OCC(=O)Nc1cccc(Cl)c1. The van der Waals surface area contributed by atoms with Crippen LogP contribution in [-0.2, 0) is 9.53 Å². The third kappa shape index (κ3) is 5.93. The number of amides is 1. The summed E-state index contributed by atoms with van der Waals surface area (Å²) in [5.74, 6) is -1.44. The second-order valence-corrected chi connectivity index (χ2v) is 7.51. The van der Waals surface area contributed by atoms with Gasteiger partial charge >= 0.3 is 5.97 Å². The van der Waals surface area contributed by atoms with Gasteiger partial charge in [0.1, 0.15) is 0 Å². The van der Waals surface area contributed by atoms with Crippen molar-refractivity contribution < 1.29 is 19.1 Å². The number of benzene rings is 2. The highest BCUT2D eigenvalue weighted by Crippen LogP contribution is 2.19. The Hall–Kier alpha value is -3.17. The molecule has 10 heteroatoms. The minimum absolute atomic E-state index is 0.102. The van der Waals surface area contributed by atoms with Crippen molar-refractivity contribution in [1.29, 1.82) is 0 Å². The molecule has 0 fully saturated rings.